The first-order chi connectivity index (χ1) is 9.52. The summed E-state index contributed by atoms with van der Waals surface area (Å²) in [7, 11) is 0. The van der Waals surface area contributed by atoms with E-state index in [0.29, 0.717) is 10.6 Å². The molecule has 0 fully saturated rings. The van der Waals surface area contributed by atoms with Crippen molar-refractivity contribution in [1.82, 2.24) is 0 Å². The largest absolute Gasteiger partial charge is 0.292 e. The van der Waals surface area contributed by atoms with Crippen LogP contribution in [0.15, 0.2) is 42.5 Å². The Morgan fingerprint density at radius 1 is 1.15 bits per heavy atom. The fourth-order valence-corrected chi connectivity index (χ4v) is 2.00. The molecular weight excluding hydrogens is 300 g/mol. The van der Waals surface area contributed by atoms with Crippen molar-refractivity contribution >= 4 is 29.0 Å². The van der Waals surface area contributed by atoms with Gasteiger partial charge in [0.2, 0.25) is 0 Å². The average molecular weight is 308 g/mol. The predicted molar refractivity (Wildman–Crippen MR) is 75.5 cm³/mol. The SMILES string of the molecule is N#CC(C(=O)c1ccc(Cl)c(F)c1)c1ccc(Cl)cc1. The fourth-order valence-electron chi connectivity index (χ4n) is 1.76. The van der Waals surface area contributed by atoms with E-state index in [0.717, 1.165) is 6.07 Å². The number of hydrogen-bond donors (Lipinski definition) is 0. The van der Waals surface area contributed by atoms with E-state index in [1.165, 1.54) is 12.1 Å². The molecule has 0 aliphatic heterocycles. The van der Waals surface area contributed by atoms with Crippen molar-refractivity contribution in [1.29, 1.82) is 5.26 Å². The van der Waals surface area contributed by atoms with Gasteiger partial charge in [-0.2, -0.15) is 5.26 Å². The summed E-state index contributed by atoms with van der Waals surface area (Å²) in [6, 6.07) is 12.0. The highest BCUT2D eigenvalue weighted by molar-refractivity contribution is 6.31. The zero-order chi connectivity index (χ0) is 14.7. The third kappa shape index (κ3) is 2.98. The minimum absolute atomic E-state index is 0.0680. The molecule has 2 aromatic rings. The molecule has 5 heteroatoms. The summed E-state index contributed by atoms with van der Waals surface area (Å²) >= 11 is 11.3. The number of ketones is 1. The lowest BCUT2D eigenvalue weighted by molar-refractivity contribution is 0.0978. The second-order valence-corrected chi connectivity index (χ2v) is 4.95. The van der Waals surface area contributed by atoms with Gasteiger partial charge >= 0.3 is 0 Å². The quantitative estimate of drug-likeness (QED) is 0.776. The molecule has 1 atom stereocenters. The van der Waals surface area contributed by atoms with Crippen molar-refractivity contribution in [3.63, 3.8) is 0 Å². The van der Waals surface area contributed by atoms with E-state index in [-0.39, 0.29) is 10.6 Å². The Bertz CT molecular complexity index is 692. The van der Waals surface area contributed by atoms with Gasteiger partial charge in [-0.05, 0) is 35.9 Å². The van der Waals surface area contributed by atoms with Gasteiger partial charge in [0, 0.05) is 10.6 Å². The maximum Gasteiger partial charge on any atom is 0.184 e. The van der Waals surface area contributed by atoms with Gasteiger partial charge in [0.15, 0.2) is 5.78 Å². The number of carbonyl (C=O) groups is 1. The summed E-state index contributed by atoms with van der Waals surface area (Å²) in [6.45, 7) is 0. The number of Topliss-reactive ketones (excluding diaryl/α,β-unsaturated/α-hetero) is 1. The Kier molecular flexibility index (Phi) is 4.39. The lowest BCUT2D eigenvalue weighted by atomic mass is 9.92. The highest BCUT2D eigenvalue weighted by Gasteiger charge is 2.22. The van der Waals surface area contributed by atoms with Crippen LogP contribution in [0.3, 0.4) is 0 Å². The van der Waals surface area contributed by atoms with E-state index < -0.39 is 17.5 Å². The topological polar surface area (TPSA) is 40.9 Å². The molecule has 0 N–H and O–H groups in total. The van der Waals surface area contributed by atoms with Crippen LogP contribution in [0, 0.1) is 17.1 Å². The molecule has 0 aliphatic rings. The zero-order valence-corrected chi connectivity index (χ0v) is 11.6. The standard InChI is InChI=1S/C15H8Cl2FNO/c16-11-4-1-9(2-5-11)12(8-19)15(20)10-3-6-13(17)14(18)7-10/h1-7,12H. The first-order valence-corrected chi connectivity index (χ1v) is 6.43. The van der Waals surface area contributed by atoms with Crippen LogP contribution in [0.4, 0.5) is 4.39 Å². The molecule has 0 saturated carbocycles. The van der Waals surface area contributed by atoms with Gasteiger partial charge in [0.1, 0.15) is 11.7 Å². The summed E-state index contributed by atoms with van der Waals surface area (Å²) in [6.07, 6.45) is 0. The molecule has 0 amide bonds. The number of carbonyl (C=O) groups excluding carboxylic acids is 1. The molecule has 0 saturated heterocycles. The van der Waals surface area contributed by atoms with Crippen molar-refractivity contribution in [2.75, 3.05) is 0 Å². The van der Waals surface area contributed by atoms with Gasteiger partial charge in [-0.1, -0.05) is 35.3 Å². The van der Waals surface area contributed by atoms with Gasteiger partial charge in [-0.3, -0.25) is 4.79 Å². The monoisotopic (exact) mass is 307 g/mol. The first-order valence-electron chi connectivity index (χ1n) is 5.67. The van der Waals surface area contributed by atoms with Gasteiger partial charge in [0.25, 0.3) is 0 Å². The molecule has 100 valence electrons. The normalized spacial score (nSPS) is 11.7. The molecule has 2 rings (SSSR count). The van der Waals surface area contributed by atoms with Crippen molar-refractivity contribution in [3.8, 4) is 6.07 Å². The van der Waals surface area contributed by atoms with E-state index in [4.69, 9.17) is 23.2 Å². The minimum atomic E-state index is -1.01. The number of rotatable bonds is 3. The van der Waals surface area contributed by atoms with Gasteiger partial charge in [0.05, 0.1) is 11.1 Å². The number of nitrogens with zero attached hydrogens (tertiary/aromatic N) is 1. The third-order valence-corrected chi connectivity index (χ3v) is 3.36. The molecule has 0 spiro atoms. The van der Waals surface area contributed by atoms with Crippen molar-refractivity contribution < 1.29 is 9.18 Å². The molecule has 2 nitrogen and oxygen atoms in total. The van der Waals surface area contributed by atoms with Crippen molar-refractivity contribution in [2.45, 2.75) is 5.92 Å². The van der Waals surface area contributed by atoms with Crippen LogP contribution in [0.2, 0.25) is 10.0 Å². The summed E-state index contributed by atoms with van der Waals surface area (Å²) in [5.41, 5.74) is 0.616. The second kappa shape index (κ2) is 6.04. The molecule has 0 aliphatic carbocycles. The Hall–Kier alpha value is -1.89. The van der Waals surface area contributed by atoms with E-state index in [2.05, 4.69) is 0 Å². The van der Waals surface area contributed by atoms with Crippen LogP contribution in [0.1, 0.15) is 21.8 Å². The second-order valence-electron chi connectivity index (χ2n) is 4.11. The summed E-state index contributed by atoms with van der Waals surface area (Å²) in [5.74, 6) is -2.18. The van der Waals surface area contributed by atoms with Crippen molar-refractivity contribution in [2.24, 2.45) is 0 Å². The number of nitriles is 1. The Morgan fingerprint density at radius 2 is 1.80 bits per heavy atom. The van der Waals surface area contributed by atoms with Crippen LogP contribution in [-0.4, -0.2) is 5.78 Å². The number of halogens is 3. The molecular formula is C15H8Cl2FNO. The molecule has 0 aromatic heterocycles. The van der Waals surface area contributed by atoms with E-state index in [1.807, 2.05) is 6.07 Å². The van der Waals surface area contributed by atoms with Crippen LogP contribution >= 0.6 is 23.2 Å². The Labute approximate surface area is 125 Å². The van der Waals surface area contributed by atoms with Crippen molar-refractivity contribution in [3.05, 3.63) is 69.5 Å². The minimum Gasteiger partial charge on any atom is -0.292 e. The van der Waals surface area contributed by atoms with Crippen LogP contribution in [-0.2, 0) is 0 Å². The summed E-state index contributed by atoms with van der Waals surface area (Å²) in [4.78, 5) is 12.3. The molecule has 0 heterocycles. The van der Waals surface area contributed by atoms with Crippen LogP contribution in [0.25, 0.3) is 0 Å². The van der Waals surface area contributed by atoms with E-state index in [9.17, 15) is 14.4 Å². The number of hydrogen-bond acceptors (Lipinski definition) is 2. The smallest absolute Gasteiger partial charge is 0.184 e. The summed E-state index contributed by atoms with van der Waals surface area (Å²) < 4.78 is 13.4. The lowest BCUT2D eigenvalue weighted by Crippen LogP contribution is -2.11. The maximum atomic E-state index is 13.4. The average Bonchev–Trinajstić information content (AvgIpc) is 2.44. The maximum absolute atomic E-state index is 13.4. The van der Waals surface area contributed by atoms with Crippen LogP contribution in [0.5, 0.6) is 0 Å². The van der Waals surface area contributed by atoms with Crippen LogP contribution < -0.4 is 0 Å². The fraction of sp³-hybridized carbons (Fsp3) is 0.0667. The van der Waals surface area contributed by atoms with E-state index >= 15 is 0 Å². The van der Waals surface area contributed by atoms with E-state index in [1.54, 1.807) is 24.3 Å². The third-order valence-electron chi connectivity index (χ3n) is 2.80. The zero-order valence-electron chi connectivity index (χ0n) is 10.1. The molecule has 20 heavy (non-hydrogen) atoms. The lowest BCUT2D eigenvalue weighted by Gasteiger charge is -2.09. The Morgan fingerprint density at radius 3 is 2.35 bits per heavy atom. The first kappa shape index (κ1) is 14.5. The highest BCUT2D eigenvalue weighted by Crippen LogP contribution is 2.24. The van der Waals surface area contributed by atoms with Gasteiger partial charge in [-0.15, -0.1) is 0 Å². The number of benzene rings is 2. The Balaban J connectivity index is 2.36. The van der Waals surface area contributed by atoms with Gasteiger partial charge in [-0.25, -0.2) is 4.39 Å². The van der Waals surface area contributed by atoms with Gasteiger partial charge < -0.3 is 0 Å². The highest BCUT2D eigenvalue weighted by atomic mass is 35.5. The molecule has 2 aromatic carbocycles. The summed E-state index contributed by atoms with van der Waals surface area (Å²) in [5, 5.41) is 9.62. The molecule has 0 bridgehead atoms. The molecule has 0 radical (unpaired) electrons. The molecule has 1 unspecified atom stereocenters. The predicted octanol–water partition coefficient (Wildman–Crippen LogP) is 4.62.